The van der Waals surface area contributed by atoms with Crippen LogP contribution in [0, 0.1) is 0 Å². The fraction of sp³-hybridized carbons (Fsp3) is 0.286. The van der Waals surface area contributed by atoms with Crippen LogP contribution < -0.4 is 10.3 Å². The van der Waals surface area contributed by atoms with Crippen LogP contribution in [-0.4, -0.2) is 39.8 Å². The van der Waals surface area contributed by atoms with Gasteiger partial charge >= 0.3 is 0 Å². The van der Waals surface area contributed by atoms with Crippen LogP contribution in [0.15, 0.2) is 64.8 Å². The molecule has 4 rings (SSSR count). The molecule has 1 amide bonds. The maximum Gasteiger partial charge on any atom is 0.266 e. The lowest BCUT2D eigenvalue weighted by atomic mass is 10.2. The molecule has 3 heterocycles. The van der Waals surface area contributed by atoms with E-state index < -0.39 is 0 Å². The first-order chi connectivity index (χ1) is 13.7. The zero-order valence-electron chi connectivity index (χ0n) is 15.4. The van der Waals surface area contributed by atoms with Crippen molar-refractivity contribution >= 4 is 17.2 Å². The highest BCUT2D eigenvalue weighted by atomic mass is 32.1. The predicted molar refractivity (Wildman–Crippen MR) is 108 cm³/mol. The summed E-state index contributed by atoms with van der Waals surface area (Å²) in [4.78, 5) is 27.8. The van der Waals surface area contributed by atoms with Crippen molar-refractivity contribution in [1.29, 1.82) is 0 Å². The first kappa shape index (κ1) is 18.4. The number of amides is 1. The molecule has 0 spiro atoms. The molecule has 1 aliphatic heterocycles. The van der Waals surface area contributed by atoms with Crippen molar-refractivity contribution in [2.75, 3.05) is 13.2 Å². The van der Waals surface area contributed by atoms with Crippen LogP contribution in [0.4, 0.5) is 0 Å². The Kier molecular flexibility index (Phi) is 5.53. The third kappa shape index (κ3) is 4.14. The number of rotatable bonds is 6. The molecule has 144 valence electrons. The van der Waals surface area contributed by atoms with Crippen LogP contribution in [0.25, 0.3) is 10.6 Å². The number of nitrogens with zero attached hydrogens (tertiary/aromatic N) is 3. The van der Waals surface area contributed by atoms with E-state index in [1.165, 1.54) is 4.68 Å². The summed E-state index contributed by atoms with van der Waals surface area (Å²) < 4.78 is 7.07. The number of carbonyl (C=O) groups is 1. The standard InChI is InChI=1S/C21H21N3O3S/c25-20-11-10-18(19-9-5-13-28-19)22-24(20)14-16-6-4-12-23(16)21(26)15-27-17-7-2-1-3-8-17/h1-3,5,7-11,13,16H,4,6,12,14-15H2/t16-/m1/s1. The molecule has 0 bridgehead atoms. The van der Waals surface area contributed by atoms with Crippen molar-refractivity contribution in [1.82, 2.24) is 14.7 Å². The van der Waals surface area contributed by atoms with Gasteiger partial charge in [-0.15, -0.1) is 11.3 Å². The van der Waals surface area contributed by atoms with Crippen LogP contribution in [0.2, 0.25) is 0 Å². The van der Waals surface area contributed by atoms with E-state index in [-0.39, 0.29) is 24.1 Å². The molecule has 0 saturated carbocycles. The highest BCUT2D eigenvalue weighted by Crippen LogP contribution is 2.22. The number of aromatic nitrogens is 2. The number of ether oxygens (including phenoxy) is 1. The Morgan fingerprint density at radius 2 is 2.00 bits per heavy atom. The Labute approximate surface area is 167 Å². The fourth-order valence-electron chi connectivity index (χ4n) is 3.43. The lowest BCUT2D eigenvalue weighted by Gasteiger charge is -2.25. The number of hydrogen-bond donors (Lipinski definition) is 0. The van der Waals surface area contributed by atoms with Gasteiger partial charge in [0.25, 0.3) is 11.5 Å². The van der Waals surface area contributed by atoms with Gasteiger partial charge in [0.05, 0.1) is 17.5 Å². The molecule has 1 saturated heterocycles. The van der Waals surface area contributed by atoms with Crippen molar-refractivity contribution in [2.45, 2.75) is 25.4 Å². The Morgan fingerprint density at radius 3 is 2.79 bits per heavy atom. The Balaban J connectivity index is 1.44. The van der Waals surface area contributed by atoms with Crippen molar-refractivity contribution in [3.63, 3.8) is 0 Å². The Bertz CT molecular complexity index is 986. The van der Waals surface area contributed by atoms with E-state index >= 15 is 0 Å². The van der Waals surface area contributed by atoms with Crippen LogP contribution in [0.1, 0.15) is 12.8 Å². The number of thiophene rings is 1. The average Bonchev–Trinajstić information content (AvgIpc) is 3.41. The monoisotopic (exact) mass is 395 g/mol. The molecule has 0 aliphatic carbocycles. The zero-order chi connectivity index (χ0) is 19.3. The van der Waals surface area contributed by atoms with Crippen LogP contribution in [0.3, 0.4) is 0 Å². The second kappa shape index (κ2) is 8.39. The maximum atomic E-state index is 12.7. The summed E-state index contributed by atoms with van der Waals surface area (Å²) in [5.41, 5.74) is 0.623. The summed E-state index contributed by atoms with van der Waals surface area (Å²) in [6, 6.07) is 16.5. The van der Waals surface area contributed by atoms with Crippen molar-refractivity contribution in [2.24, 2.45) is 0 Å². The van der Waals surface area contributed by atoms with Gasteiger partial charge in [0, 0.05) is 12.6 Å². The molecule has 0 radical (unpaired) electrons. The molecule has 1 aliphatic rings. The quantitative estimate of drug-likeness (QED) is 0.644. The fourth-order valence-corrected chi connectivity index (χ4v) is 4.12. The van der Waals surface area contributed by atoms with E-state index in [0.717, 1.165) is 23.4 Å². The van der Waals surface area contributed by atoms with Crippen LogP contribution in [-0.2, 0) is 11.3 Å². The number of benzene rings is 1. The van der Waals surface area contributed by atoms with Gasteiger partial charge in [-0.25, -0.2) is 4.68 Å². The second-order valence-electron chi connectivity index (χ2n) is 6.70. The zero-order valence-corrected chi connectivity index (χ0v) is 16.2. The van der Waals surface area contributed by atoms with E-state index in [1.54, 1.807) is 23.5 Å². The minimum absolute atomic E-state index is 0.00191. The second-order valence-corrected chi connectivity index (χ2v) is 7.65. The van der Waals surface area contributed by atoms with Gasteiger partial charge in [-0.2, -0.15) is 5.10 Å². The van der Waals surface area contributed by atoms with Crippen molar-refractivity contribution < 1.29 is 9.53 Å². The van der Waals surface area contributed by atoms with Gasteiger partial charge in [-0.3, -0.25) is 9.59 Å². The summed E-state index contributed by atoms with van der Waals surface area (Å²) in [6.45, 7) is 1.08. The molecule has 0 unspecified atom stereocenters. The largest absolute Gasteiger partial charge is 0.484 e. The molecule has 0 N–H and O–H groups in total. The molecule has 1 atom stereocenters. The number of hydrogen-bond acceptors (Lipinski definition) is 5. The van der Waals surface area contributed by atoms with E-state index in [0.29, 0.717) is 18.8 Å². The molecule has 3 aromatic rings. The topological polar surface area (TPSA) is 64.4 Å². The molecule has 1 fully saturated rings. The highest BCUT2D eigenvalue weighted by molar-refractivity contribution is 7.13. The van der Waals surface area contributed by atoms with Crippen molar-refractivity contribution in [3.05, 3.63) is 70.3 Å². The van der Waals surface area contributed by atoms with Crippen molar-refractivity contribution in [3.8, 4) is 16.3 Å². The lowest BCUT2D eigenvalue weighted by molar-refractivity contribution is -0.134. The summed E-state index contributed by atoms with van der Waals surface area (Å²) >= 11 is 1.58. The Morgan fingerprint density at radius 1 is 1.14 bits per heavy atom. The predicted octanol–water partition coefficient (Wildman–Crippen LogP) is 3.04. The SMILES string of the molecule is O=C(COc1ccccc1)N1CCC[C@@H]1Cn1nc(-c2cccs2)ccc1=O. The normalized spacial score (nSPS) is 16.3. The van der Waals surface area contributed by atoms with Gasteiger partial charge in [0.2, 0.25) is 0 Å². The summed E-state index contributed by atoms with van der Waals surface area (Å²) in [5.74, 6) is 0.613. The summed E-state index contributed by atoms with van der Waals surface area (Å²) in [6.07, 6.45) is 1.77. The van der Waals surface area contributed by atoms with Crippen LogP contribution >= 0.6 is 11.3 Å². The molecule has 1 aromatic carbocycles. The number of carbonyl (C=O) groups excluding carboxylic acids is 1. The van der Waals surface area contributed by atoms with E-state index in [9.17, 15) is 9.59 Å². The summed E-state index contributed by atoms with van der Waals surface area (Å²) in [7, 11) is 0. The highest BCUT2D eigenvalue weighted by Gasteiger charge is 2.29. The van der Waals surface area contributed by atoms with Gasteiger partial charge in [-0.05, 0) is 42.5 Å². The summed E-state index contributed by atoms with van der Waals surface area (Å²) in [5, 5.41) is 6.49. The minimum atomic E-state index is -0.153. The molecule has 28 heavy (non-hydrogen) atoms. The molecular weight excluding hydrogens is 374 g/mol. The first-order valence-electron chi connectivity index (χ1n) is 9.30. The molecule has 7 heteroatoms. The van der Waals surface area contributed by atoms with Crippen LogP contribution in [0.5, 0.6) is 5.75 Å². The van der Waals surface area contributed by atoms with Gasteiger partial charge in [-0.1, -0.05) is 24.3 Å². The number of likely N-dealkylation sites (tertiary alicyclic amines) is 1. The van der Waals surface area contributed by atoms with E-state index in [1.807, 2.05) is 52.7 Å². The molecule has 2 aromatic heterocycles. The van der Waals surface area contributed by atoms with E-state index in [4.69, 9.17) is 4.74 Å². The average molecular weight is 395 g/mol. The van der Waals surface area contributed by atoms with Gasteiger partial charge in [0.1, 0.15) is 11.4 Å². The minimum Gasteiger partial charge on any atom is -0.484 e. The first-order valence-corrected chi connectivity index (χ1v) is 10.2. The third-order valence-corrected chi connectivity index (χ3v) is 5.72. The maximum absolute atomic E-state index is 12.7. The third-order valence-electron chi connectivity index (χ3n) is 4.83. The van der Waals surface area contributed by atoms with Gasteiger partial charge < -0.3 is 9.64 Å². The molecular formula is C21H21N3O3S. The van der Waals surface area contributed by atoms with Gasteiger partial charge in [0.15, 0.2) is 6.61 Å². The molecule has 6 nitrogen and oxygen atoms in total. The lowest BCUT2D eigenvalue weighted by Crippen LogP contribution is -2.42. The van der Waals surface area contributed by atoms with E-state index in [2.05, 4.69) is 5.10 Å². The Hall–Kier alpha value is -2.93. The smallest absolute Gasteiger partial charge is 0.266 e. The number of para-hydroxylation sites is 1.